The Kier molecular flexibility index (Phi) is 9.12. The Bertz CT molecular complexity index is 955. The first-order chi connectivity index (χ1) is 14.9. The van der Waals surface area contributed by atoms with Gasteiger partial charge >= 0.3 is 6.09 Å². The molecule has 162 valence electrons. The molecule has 0 aliphatic heterocycles. The number of benzene rings is 2. The number of unbranched alkanes of at least 4 members (excludes halogenated alkanes) is 1. The fourth-order valence-corrected chi connectivity index (χ4v) is 2.52. The highest BCUT2D eigenvalue weighted by Crippen LogP contribution is 2.09. The standard InChI is InChI=1S/C24H28N4O3/c1-4-5-17-31-24(30)27-22(25)19-12-14-21(15-13-19)26-16-6-7-18-8-10-20(11-9-18)23(29)28(2)3/h8-15,26H,4-5,16-17H2,1-3H3,(H2,25,27,30). The average Bonchev–Trinajstić information content (AvgIpc) is 2.77. The Labute approximate surface area is 183 Å². The first kappa shape index (κ1) is 23.5. The molecule has 0 heterocycles. The number of carbonyl (C=O) groups is 2. The summed E-state index contributed by atoms with van der Waals surface area (Å²) >= 11 is 0. The molecule has 0 saturated carbocycles. The molecule has 0 saturated heterocycles. The average molecular weight is 421 g/mol. The summed E-state index contributed by atoms with van der Waals surface area (Å²) in [6.45, 7) is 2.80. The first-order valence-electron chi connectivity index (χ1n) is 10.1. The van der Waals surface area contributed by atoms with E-state index < -0.39 is 6.09 Å². The van der Waals surface area contributed by atoms with Gasteiger partial charge in [0.15, 0.2) is 0 Å². The van der Waals surface area contributed by atoms with Crippen LogP contribution in [0.25, 0.3) is 0 Å². The molecular formula is C24H28N4O3. The van der Waals surface area contributed by atoms with Gasteiger partial charge in [0.2, 0.25) is 0 Å². The van der Waals surface area contributed by atoms with E-state index in [1.165, 1.54) is 4.90 Å². The molecule has 0 aliphatic carbocycles. The molecule has 0 unspecified atom stereocenters. The van der Waals surface area contributed by atoms with Gasteiger partial charge in [-0.3, -0.25) is 15.5 Å². The van der Waals surface area contributed by atoms with Crippen LogP contribution in [0, 0.1) is 17.3 Å². The predicted octanol–water partition coefficient (Wildman–Crippen LogP) is 3.70. The van der Waals surface area contributed by atoms with Gasteiger partial charge in [0.05, 0.1) is 13.2 Å². The zero-order chi connectivity index (χ0) is 22.6. The number of ether oxygens (including phenoxy) is 1. The third kappa shape index (κ3) is 7.86. The number of hydrogen-bond acceptors (Lipinski definition) is 5. The second kappa shape index (κ2) is 12.0. The number of nitrogens with zero attached hydrogens (tertiary/aromatic N) is 1. The van der Waals surface area contributed by atoms with Crippen LogP contribution in [0.3, 0.4) is 0 Å². The Balaban J connectivity index is 1.82. The molecule has 7 nitrogen and oxygen atoms in total. The van der Waals surface area contributed by atoms with Gasteiger partial charge in [0, 0.05) is 36.5 Å². The van der Waals surface area contributed by atoms with Crippen LogP contribution in [0.4, 0.5) is 10.5 Å². The first-order valence-corrected chi connectivity index (χ1v) is 10.1. The van der Waals surface area contributed by atoms with Crippen molar-refractivity contribution in [3.8, 4) is 11.8 Å². The van der Waals surface area contributed by atoms with E-state index in [9.17, 15) is 9.59 Å². The van der Waals surface area contributed by atoms with E-state index in [1.807, 2.05) is 31.2 Å². The van der Waals surface area contributed by atoms with E-state index in [-0.39, 0.29) is 11.7 Å². The highest BCUT2D eigenvalue weighted by Gasteiger charge is 2.08. The number of rotatable bonds is 7. The maximum absolute atomic E-state index is 11.9. The van der Waals surface area contributed by atoms with Crippen molar-refractivity contribution < 1.29 is 14.3 Å². The van der Waals surface area contributed by atoms with Crippen LogP contribution in [0.2, 0.25) is 0 Å². The van der Waals surface area contributed by atoms with Crippen molar-refractivity contribution in [2.45, 2.75) is 19.8 Å². The number of anilines is 1. The Morgan fingerprint density at radius 2 is 1.68 bits per heavy atom. The lowest BCUT2D eigenvalue weighted by Gasteiger charge is -2.09. The summed E-state index contributed by atoms with van der Waals surface area (Å²) in [5, 5.41) is 13.6. The van der Waals surface area contributed by atoms with Crippen molar-refractivity contribution in [3.05, 3.63) is 65.2 Å². The van der Waals surface area contributed by atoms with E-state index in [2.05, 4.69) is 22.5 Å². The van der Waals surface area contributed by atoms with Crippen LogP contribution in [-0.4, -0.2) is 50.0 Å². The molecule has 0 atom stereocenters. The largest absolute Gasteiger partial charge is 0.449 e. The van der Waals surface area contributed by atoms with Gasteiger partial charge in [-0.05, 0) is 55.0 Å². The second-order valence-electron chi connectivity index (χ2n) is 7.00. The summed E-state index contributed by atoms with van der Waals surface area (Å²) in [5.41, 5.74) is 2.89. The predicted molar refractivity (Wildman–Crippen MR) is 122 cm³/mol. The molecular weight excluding hydrogens is 392 g/mol. The fraction of sp³-hybridized carbons (Fsp3) is 0.292. The van der Waals surface area contributed by atoms with Crippen LogP contribution in [0.1, 0.15) is 41.3 Å². The molecule has 31 heavy (non-hydrogen) atoms. The SMILES string of the molecule is CCCCOC(=O)NC(=N)c1ccc(NCC#Cc2ccc(C(=O)N(C)C)cc2)cc1. The lowest BCUT2D eigenvalue weighted by atomic mass is 10.1. The third-order valence-electron chi connectivity index (χ3n) is 4.28. The fourth-order valence-electron chi connectivity index (χ4n) is 2.52. The molecule has 0 aromatic heterocycles. The summed E-state index contributed by atoms with van der Waals surface area (Å²) in [7, 11) is 3.44. The van der Waals surface area contributed by atoms with Crippen molar-refractivity contribution >= 4 is 23.5 Å². The van der Waals surface area contributed by atoms with Crippen molar-refractivity contribution in [1.82, 2.24) is 10.2 Å². The number of amidine groups is 1. The van der Waals surface area contributed by atoms with Gasteiger partial charge in [-0.25, -0.2) is 4.79 Å². The van der Waals surface area contributed by atoms with Crippen LogP contribution >= 0.6 is 0 Å². The monoisotopic (exact) mass is 420 g/mol. The Hall–Kier alpha value is -3.79. The van der Waals surface area contributed by atoms with Gasteiger partial charge in [0.25, 0.3) is 5.91 Å². The zero-order valence-corrected chi connectivity index (χ0v) is 18.1. The second-order valence-corrected chi connectivity index (χ2v) is 7.00. The highest BCUT2D eigenvalue weighted by molar-refractivity contribution is 6.04. The normalized spacial score (nSPS) is 9.77. The van der Waals surface area contributed by atoms with Crippen LogP contribution < -0.4 is 10.6 Å². The number of nitrogens with one attached hydrogen (secondary N) is 3. The minimum Gasteiger partial charge on any atom is -0.449 e. The molecule has 0 aliphatic rings. The molecule has 0 bridgehead atoms. The molecule has 7 heteroatoms. The quantitative estimate of drug-likeness (QED) is 0.275. The molecule has 2 rings (SSSR count). The summed E-state index contributed by atoms with van der Waals surface area (Å²) in [4.78, 5) is 25.0. The van der Waals surface area contributed by atoms with E-state index in [4.69, 9.17) is 10.1 Å². The van der Waals surface area contributed by atoms with Crippen molar-refractivity contribution in [2.24, 2.45) is 0 Å². The van der Waals surface area contributed by atoms with Crippen LogP contribution in [0.15, 0.2) is 48.5 Å². The van der Waals surface area contributed by atoms with Gasteiger partial charge in [-0.15, -0.1) is 0 Å². The number of carbonyl (C=O) groups excluding carboxylic acids is 2. The van der Waals surface area contributed by atoms with Gasteiger partial charge in [-0.2, -0.15) is 0 Å². The van der Waals surface area contributed by atoms with E-state index in [1.54, 1.807) is 38.4 Å². The smallest absolute Gasteiger partial charge is 0.412 e. The molecule has 3 N–H and O–H groups in total. The molecule has 0 spiro atoms. The Morgan fingerprint density at radius 3 is 2.29 bits per heavy atom. The number of amides is 2. The summed E-state index contributed by atoms with van der Waals surface area (Å²) in [6, 6.07) is 14.3. The topological polar surface area (TPSA) is 94.5 Å². The molecule has 2 aromatic carbocycles. The van der Waals surface area contributed by atoms with Crippen molar-refractivity contribution in [3.63, 3.8) is 0 Å². The molecule has 0 fully saturated rings. The minimum absolute atomic E-state index is 0.0102. The maximum atomic E-state index is 11.9. The van der Waals surface area contributed by atoms with Gasteiger partial charge in [0.1, 0.15) is 5.84 Å². The van der Waals surface area contributed by atoms with Gasteiger partial charge in [-0.1, -0.05) is 25.2 Å². The van der Waals surface area contributed by atoms with Crippen molar-refractivity contribution in [2.75, 3.05) is 32.6 Å². The molecule has 0 radical (unpaired) electrons. The van der Waals surface area contributed by atoms with E-state index in [0.717, 1.165) is 24.1 Å². The lowest BCUT2D eigenvalue weighted by Crippen LogP contribution is -2.31. The molecule has 2 aromatic rings. The Morgan fingerprint density at radius 1 is 1.03 bits per heavy atom. The summed E-state index contributed by atoms with van der Waals surface area (Å²) in [6.07, 6.45) is 1.12. The zero-order valence-electron chi connectivity index (χ0n) is 18.1. The van der Waals surface area contributed by atoms with Gasteiger partial charge < -0.3 is 15.0 Å². The number of hydrogen-bond donors (Lipinski definition) is 3. The molecule has 2 amide bonds. The highest BCUT2D eigenvalue weighted by atomic mass is 16.5. The lowest BCUT2D eigenvalue weighted by molar-refractivity contribution is 0.0827. The van der Waals surface area contributed by atoms with Crippen molar-refractivity contribution in [1.29, 1.82) is 5.41 Å². The van der Waals surface area contributed by atoms with E-state index in [0.29, 0.717) is 24.3 Å². The number of alkyl carbamates (subject to hydrolysis) is 1. The minimum atomic E-state index is -0.616. The van der Waals surface area contributed by atoms with Crippen LogP contribution in [0.5, 0.6) is 0 Å². The summed E-state index contributed by atoms with van der Waals surface area (Å²) < 4.78 is 4.99. The maximum Gasteiger partial charge on any atom is 0.412 e. The third-order valence-corrected chi connectivity index (χ3v) is 4.28. The summed E-state index contributed by atoms with van der Waals surface area (Å²) in [5.74, 6) is 6.04. The van der Waals surface area contributed by atoms with E-state index >= 15 is 0 Å². The van der Waals surface area contributed by atoms with Crippen LogP contribution in [-0.2, 0) is 4.74 Å².